The Morgan fingerprint density at radius 2 is 1.56 bits per heavy atom. The number of carbonyl (C=O) groups excluding carboxylic acids is 1. The summed E-state index contributed by atoms with van der Waals surface area (Å²) < 4.78 is 33.5. The Morgan fingerprint density at radius 3 is 2.24 bits per heavy atom. The fraction of sp³-hybridized carbons (Fsp3) is 0.351. The summed E-state index contributed by atoms with van der Waals surface area (Å²) in [6, 6.07) is 12.6. The van der Waals surface area contributed by atoms with Gasteiger partial charge in [0.2, 0.25) is 6.29 Å². The smallest absolute Gasteiger partial charge is 0.333 e. The highest BCUT2D eigenvalue weighted by Crippen LogP contribution is 2.44. The van der Waals surface area contributed by atoms with Gasteiger partial charge in [-0.2, -0.15) is 0 Å². The molecule has 17 nitrogen and oxygen atoms in total. The summed E-state index contributed by atoms with van der Waals surface area (Å²) >= 11 is 0. The van der Waals surface area contributed by atoms with Crippen LogP contribution in [-0.4, -0.2) is 121 Å². The van der Waals surface area contributed by atoms with E-state index in [9.17, 15) is 55.5 Å². The number of hydrogen-bond donors (Lipinski definition) is 9. The molecule has 0 spiro atoms. The molecule has 2 aliphatic heterocycles. The number of aromatic hydroxyl groups is 3. The Bertz CT molecular complexity index is 2080. The zero-order valence-electron chi connectivity index (χ0n) is 28.6. The number of carbonyl (C=O) groups is 1. The number of ether oxygens (including phenoxy) is 5. The second kappa shape index (κ2) is 15.7. The van der Waals surface area contributed by atoms with Crippen molar-refractivity contribution in [2.45, 2.75) is 68.3 Å². The second-order valence-corrected chi connectivity index (χ2v) is 12.8. The average Bonchev–Trinajstić information content (AvgIpc) is 3.14. The van der Waals surface area contributed by atoms with Gasteiger partial charge in [-0.15, -0.1) is 0 Å². The third kappa shape index (κ3) is 7.49. The van der Waals surface area contributed by atoms with Gasteiger partial charge < -0.3 is 74.1 Å². The number of phenols is 3. The summed E-state index contributed by atoms with van der Waals surface area (Å²) in [5.74, 6) is -1.61. The first-order valence-corrected chi connectivity index (χ1v) is 16.5. The van der Waals surface area contributed by atoms with E-state index < -0.39 is 85.2 Å². The number of hydrogen-bond acceptors (Lipinski definition) is 17. The van der Waals surface area contributed by atoms with Crippen molar-refractivity contribution in [3.63, 3.8) is 0 Å². The Morgan fingerprint density at radius 1 is 0.852 bits per heavy atom. The minimum absolute atomic E-state index is 0.00748. The van der Waals surface area contributed by atoms with Crippen molar-refractivity contribution in [1.82, 2.24) is 0 Å². The van der Waals surface area contributed by atoms with E-state index in [0.717, 1.165) is 12.1 Å². The van der Waals surface area contributed by atoms with Gasteiger partial charge in [-0.1, -0.05) is 6.07 Å². The van der Waals surface area contributed by atoms with Crippen molar-refractivity contribution in [3.05, 3.63) is 87.6 Å². The van der Waals surface area contributed by atoms with Gasteiger partial charge in [0.25, 0.3) is 0 Å². The normalized spacial score (nSPS) is 28.7. The van der Waals surface area contributed by atoms with E-state index in [-0.39, 0.29) is 45.1 Å². The quantitative estimate of drug-likeness (QED) is 0.0829. The zero-order chi connectivity index (χ0) is 39.0. The van der Waals surface area contributed by atoms with Crippen LogP contribution in [-0.2, 0) is 23.7 Å². The lowest BCUT2D eigenvalue weighted by Crippen LogP contribution is -2.62. The second-order valence-electron chi connectivity index (χ2n) is 12.8. The first kappa shape index (κ1) is 38.6. The van der Waals surface area contributed by atoms with Crippen LogP contribution in [0.4, 0.5) is 0 Å². The van der Waals surface area contributed by atoms with Crippen LogP contribution in [0.5, 0.6) is 23.0 Å². The van der Waals surface area contributed by atoms with Gasteiger partial charge >= 0.3 is 5.97 Å². The highest BCUT2D eigenvalue weighted by atomic mass is 16.8. The van der Waals surface area contributed by atoms with Crippen LogP contribution in [0.25, 0.3) is 28.4 Å². The average molecular weight is 755 g/mol. The van der Waals surface area contributed by atoms with E-state index >= 15 is 0 Å². The van der Waals surface area contributed by atoms with Crippen LogP contribution in [0.3, 0.4) is 0 Å². The maximum Gasteiger partial charge on any atom is 0.333 e. The number of rotatable bonds is 9. The zero-order valence-corrected chi connectivity index (χ0v) is 28.6. The summed E-state index contributed by atoms with van der Waals surface area (Å²) in [4.78, 5) is 26.1. The number of fused-ring (bicyclic) bond motifs is 1. The molecule has 288 valence electrons. The van der Waals surface area contributed by atoms with Gasteiger partial charge in [-0.3, -0.25) is 4.79 Å². The van der Waals surface area contributed by atoms with Crippen molar-refractivity contribution in [2.75, 3.05) is 13.7 Å². The molecule has 0 saturated carbocycles. The molecular formula is C37H38O17. The molecule has 6 rings (SSSR count). The molecule has 2 fully saturated rings. The molecule has 9 N–H and O–H groups in total. The molecule has 1 aromatic heterocycles. The lowest BCUT2D eigenvalue weighted by molar-refractivity contribution is -0.368. The first-order chi connectivity index (χ1) is 25.7. The molecule has 10 atom stereocenters. The van der Waals surface area contributed by atoms with Crippen LogP contribution < -0.4 is 10.2 Å². The van der Waals surface area contributed by atoms with Crippen molar-refractivity contribution in [3.8, 4) is 34.3 Å². The summed E-state index contributed by atoms with van der Waals surface area (Å²) in [6.45, 7) is 0.708. The van der Waals surface area contributed by atoms with E-state index in [1.54, 1.807) is 0 Å². The SMILES string of the molecule is COc1cc(C=CC(=O)O[C@H]2O[C@H](O[C@@H]3[C@@H](O)[C@H](O)[C@@H](CO)O[C@@H]3c3c(C)cc4oc(-c5ccc(O)cc5)cc(=O)c4c3O)[C@H](O)[C@@H](O)[C@@H]2O)ccc1O. The molecular weight excluding hydrogens is 716 g/mol. The number of methoxy groups -OCH3 is 1. The fourth-order valence-electron chi connectivity index (χ4n) is 6.34. The van der Waals surface area contributed by atoms with Gasteiger partial charge in [-0.25, -0.2) is 4.79 Å². The maximum absolute atomic E-state index is 13.4. The topological polar surface area (TPSA) is 275 Å². The fourth-order valence-corrected chi connectivity index (χ4v) is 6.34. The molecule has 54 heavy (non-hydrogen) atoms. The van der Waals surface area contributed by atoms with Crippen LogP contribution in [0.1, 0.15) is 22.8 Å². The molecule has 0 unspecified atom stereocenters. The molecule has 17 heteroatoms. The molecule has 3 heterocycles. The van der Waals surface area contributed by atoms with Crippen LogP contribution >= 0.6 is 0 Å². The Labute approximate surface area is 305 Å². The summed E-state index contributed by atoms with van der Waals surface area (Å²) in [5.41, 5.74) is 0.252. The highest BCUT2D eigenvalue weighted by molar-refractivity contribution is 5.88. The van der Waals surface area contributed by atoms with Gasteiger partial charge in [0.1, 0.15) is 77.1 Å². The summed E-state index contributed by atoms with van der Waals surface area (Å²) in [7, 11) is 1.34. The number of aliphatic hydroxyl groups is 6. The Hall–Kier alpha value is -5.08. The van der Waals surface area contributed by atoms with E-state index in [1.807, 2.05) is 0 Å². The van der Waals surface area contributed by atoms with Crippen molar-refractivity contribution < 1.29 is 78.9 Å². The van der Waals surface area contributed by atoms with Crippen LogP contribution in [0.2, 0.25) is 0 Å². The number of esters is 1. The minimum atomic E-state index is -2.04. The van der Waals surface area contributed by atoms with E-state index in [1.165, 1.54) is 68.6 Å². The van der Waals surface area contributed by atoms with Crippen LogP contribution in [0, 0.1) is 6.92 Å². The maximum atomic E-state index is 13.4. The molecule has 0 amide bonds. The predicted octanol–water partition coefficient (Wildman–Crippen LogP) is 0.455. The Balaban J connectivity index is 1.30. The lowest BCUT2D eigenvalue weighted by Gasteiger charge is -2.46. The van der Waals surface area contributed by atoms with Crippen LogP contribution in [0.15, 0.2) is 69.9 Å². The number of aryl methyl sites for hydroxylation is 1. The van der Waals surface area contributed by atoms with Crippen molar-refractivity contribution in [1.29, 1.82) is 0 Å². The highest BCUT2D eigenvalue weighted by Gasteiger charge is 2.52. The van der Waals surface area contributed by atoms with E-state index in [2.05, 4.69) is 0 Å². The van der Waals surface area contributed by atoms with Gasteiger partial charge in [0.15, 0.2) is 23.2 Å². The lowest BCUT2D eigenvalue weighted by atomic mass is 9.87. The first-order valence-electron chi connectivity index (χ1n) is 16.5. The van der Waals surface area contributed by atoms with E-state index in [0.29, 0.717) is 11.1 Å². The molecule has 0 bridgehead atoms. The van der Waals surface area contributed by atoms with Gasteiger partial charge in [0, 0.05) is 23.3 Å². The standard InChI is InChI=1S/C37H38O17/c1-15-11-23-27(20(41)13-21(50-23)17-5-7-18(39)8-6-17)29(44)26(15)34-35(31(46)28(43)24(14-38)51-34)53-37-33(48)30(45)32(47)36(54-37)52-25(42)10-4-16-3-9-19(40)22(12-16)49-2/h3-13,24,28,30-40,43-48H,14H2,1-2H3/t24-,28-,30+,31+,32+,33-,34-,35-,36+,37+/m1/s1. The number of phenolic OH excluding ortho intramolecular Hbond substituents is 3. The molecule has 0 aliphatic carbocycles. The van der Waals surface area contributed by atoms with Gasteiger partial charge in [-0.05, 0) is 66.6 Å². The number of aliphatic hydroxyl groups excluding tert-OH is 6. The third-order valence-corrected chi connectivity index (χ3v) is 9.21. The van der Waals surface area contributed by atoms with Gasteiger partial charge in [0.05, 0.1) is 13.7 Å². The predicted molar refractivity (Wildman–Crippen MR) is 184 cm³/mol. The van der Waals surface area contributed by atoms with Crippen molar-refractivity contribution in [2.24, 2.45) is 0 Å². The summed E-state index contributed by atoms with van der Waals surface area (Å²) in [6.07, 6.45) is -16.3. The Kier molecular flexibility index (Phi) is 11.2. The molecule has 0 radical (unpaired) electrons. The number of benzene rings is 3. The monoisotopic (exact) mass is 754 g/mol. The van der Waals surface area contributed by atoms with Crippen molar-refractivity contribution >= 4 is 23.0 Å². The minimum Gasteiger partial charge on any atom is -0.508 e. The molecule has 2 aliphatic rings. The third-order valence-electron chi connectivity index (χ3n) is 9.21. The van der Waals surface area contributed by atoms with E-state index in [4.69, 9.17) is 28.1 Å². The molecule has 4 aromatic rings. The molecule has 3 aromatic carbocycles. The summed E-state index contributed by atoms with van der Waals surface area (Å²) in [5, 5.41) is 94.9. The molecule has 2 saturated heterocycles. The largest absolute Gasteiger partial charge is 0.508 e.